The van der Waals surface area contributed by atoms with E-state index >= 15 is 0 Å². The largest absolute Gasteiger partial charge is 0.336 e. The summed E-state index contributed by atoms with van der Waals surface area (Å²) >= 11 is 0. The second-order valence-electron chi connectivity index (χ2n) is 5.57. The summed E-state index contributed by atoms with van der Waals surface area (Å²) in [6, 6.07) is 0.564. The summed E-state index contributed by atoms with van der Waals surface area (Å²) in [6.45, 7) is 0. The molecule has 22 heavy (non-hydrogen) atoms. The minimum atomic E-state index is 0.564. The van der Waals surface area contributed by atoms with Crippen LogP contribution >= 0.6 is 0 Å². The molecule has 0 amide bonds. The SMILES string of the molecule is C1=CC(c2nc(Nc3cnn(C4CC4)c3)c3[nH]ncc3n2)=C1. The summed E-state index contributed by atoms with van der Waals surface area (Å²) in [5.74, 6) is 1.42. The lowest BCUT2D eigenvalue weighted by molar-refractivity contribution is 0.642. The highest BCUT2D eigenvalue weighted by molar-refractivity contribution is 5.89. The molecule has 0 aromatic carbocycles. The fourth-order valence-electron chi connectivity index (χ4n) is 2.48. The van der Waals surface area contributed by atoms with Crippen molar-refractivity contribution in [3.63, 3.8) is 0 Å². The summed E-state index contributed by atoms with van der Waals surface area (Å²) < 4.78 is 2.01. The van der Waals surface area contributed by atoms with Crippen LogP contribution in [0.1, 0.15) is 24.7 Å². The first-order valence-electron chi connectivity index (χ1n) is 7.28. The number of nitrogens with zero attached hydrogens (tertiary/aromatic N) is 5. The van der Waals surface area contributed by atoms with Gasteiger partial charge >= 0.3 is 0 Å². The predicted molar refractivity (Wildman–Crippen MR) is 82.6 cm³/mol. The summed E-state index contributed by atoms with van der Waals surface area (Å²) in [5, 5.41) is 14.7. The molecule has 0 aliphatic heterocycles. The zero-order valence-electron chi connectivity index (χ0n) is 11.7. The number of H-pyrrole nitrogens is 1. The molecular formula is C15H13N7. The molecule has 0 radical (unpaired) electrons. The van der Waals surface area contributed by atoms with Crippen molar-refractivity contribution in [1.29, 1.82) is 0 Å². The molecular weight excluding hydrogens is 278 g/mol. The van der Waals surface area contributed by atoms with E-state index in [2.05, 4.69) is 30.6 Å². The molecule has 7 nitrogen and oxygen atoms in total. The van der Waals surface area contributed by atoms with Gasteiger partial charge in [0.25, 0.3) is 0 Å². The van der Waals surface area contributed by atoms with Gasteiger partial charge in [-0.3, -0.25) is 9.78 Å². The molecule has 1 saturated carbocycles. The van der Waals surface area contributed by atoms with Crippen molar-refractivity contribution in [2.45, 2.75) is 18.9 Å². The molecule has 0 saturated heterocycles. The summed E-state index contributed by atoms with van der Waals surface area (Å²) in [5.41, 5.74) is 3.54. The van der Waals surface area contributed by atoms with E-state index in [4.69, 9.17) is 0 Å². The van der Waals surface area contributed by atoms with Gasteiger partial charge in [-0.05, 0) is 12.8 Å². The van der Waals surface area contributed by atoms with Crippen molar-refractivity contribution < 1.29 is 0 Å². The Morgan fingerprint density at radius 2 is 2.14 bits per heavy atom. The number of anilines is 2. The Balaban J connectivity index is 1.55. The highest BCUT2D eigenvalue weighted by atomic mass is 15.3. The maximum Gasteiger partial charge on any atom is 0.162 e. The van der Waals surface area contributed by atoms with Crippen LogP contribution in [0.5, 0.6) is 0 Å². The van der Waals surface area contributed by atoms with Gasteiger partial charge in [0, 0.05) is 11.8 Å². The van der Waals surface area contributed by atoms with E-state index in [1.54, 1.807) is 6.20 Å². The molecule has 108 valence electrons. The van der Waals surface area contributed by atoms with Crippen molar-refractivity contribution >= 4 is 28.1 Å². The van der Waals surface area contributed by atoms with Gasteiger partial charge in [-0.2, -0.15) is 10.2 Å². The van der Waals surface area contributed by atoms with E-state index in [9.17, 15) is 0 Å². The molecule has 0 unspecified atom stereocenters. The summed E-state index contributed by atoms with van der Waals surface area (Å²) in [6.07, 6.45) is 13.9. The van der Waals surface area contributed by atoms with Crippen molar-refractivity contribution in [2.24, 2.45) is 0 Å². The zero-order chi connectivity index (χ0) is 14.5. The average molecular weight is 291 g/mol. The minimum absolute atomic E-state index is 0.564. The Bertz CT molecular complexity index is 926. The van der Waals surface area contributed by atoms with E-state index < -0.39 is 0 Å². The molecule has 0 atom stereocenters. The normalized spacial score (nSPS) is 16.6. The lowest BCUT2D eigenvalue weighted by Gasteiger charge is -2.09. The molecule has 3 aromatic heterocycles. The second kappa shape index (κ2) is 4.27. The topological polar surface area (TPSA) is 84.3 Å². The smallest absolute Gasteiger partial charge is 0.162 e. The molecule has 3 heterocycles. The third kappa shape index (κ3) is 1.82. The highest BCUT2D eigenvalue weighted by Crippen LogP contribution is 2.35. The first-order valence-corrected chi connectivity index (χ1v) is 7.28. The molecule has 2 N–H and O–H groups in total. The Morgan fingerprint density at radius 3 is 2.91 bits per heavy atom. The quantitative estimate of drug-likeness (QED) is 0.771. The van der Waals surface area contributed by atoms with Gasteiger partial charge in [0.15, 0.2) is 11.6 Å². The third-order valence-electron chi connectivity index (χ3n) is 3.90. The van der Waals surface area contributed by atoms with Gasteiger partial charge < -0.3 is 5.32 Å². The molecule has 2 aliphatic rings. The van der Waals surface area contributed by atoms with Crippen molar-refractivity contribution in [3.8, 4) is 0 Å². The molecule has 1 fully saturated rings. The van der Waals surface area contributed by atoms with E-state index in [0.717, 1.165) is 22.3 Å². The summed E-state index contributed by atoms with van der Waals surface area (Å²) in [4.78, 5) is 9.13. The number of aromatic amines is 1. The van der Waals surface area contributed by atoms with Crippen LogP contribution in [0.25, 0.3) is 16.6 Å². The van der Waals surface area contributed by atoms with Crippen LogP contribution in [0.4, 0.5) is 11.5 Å². The molecule has 5 rings (SSSR count). The van der Waals surface area contributed by atoms with Crippen LogP contribution < -0.4 is 5.32 Å². The molecule has 3 aromatic rings. The first kappa shape index (κ1) is 11.7. The highest BCUT2D eigenvalue weighted by Gasteiger charge is 2.24. The van der Waals surface area contributed by atoms with Gasteiger partial charge in [0.2, 0.25) is 0 Å². The lowest BCUT2D eigenvalue weighted by atomic mass is 10.1. The van der Waals surface area contributed by atoms with Gasteiger partial charge in [0.1, 0.15) is 11.0 Å². The van der Waals surface area contributed by atoms with Crippen LogP contribution in [-0.2, 0) is 0 Å². The van der Waals surface area contributed by atoms with Crippen molar-refractivity contribution in [3.05, 3.63) is 42.6 Å². The number of aromatic nitrogens is 6. The zero-order valence-corrected chi connectivity index (χ0v) is 11.7. The van der Waals surface area contributed by atoms with Crippen molar-refractivity contribution in [1.82, 2.24) is 29.9 Å². The number of hydrogen-bond donors (Lipinski definition) is 2. The Labute approximate surface area is 125 Å². The third-order valence-corrected chi connectivity index (χ3v) is 3.90. The van der Waals surface area contributed by atoms with E-state index in [-0.39, 0.29) is 0 Å². The van der Waals surface area contributed by atoms with Crippen LogP contribution in [0.15, 0.2) is 36.8 Å². The fraction of sp³-hybridized carbons (Fsp3) is 0.200. The molecule has 0 bridgehead atoms. The van der Waals surface area contributed by atoms with E-state index in [1.807, 2.05) is 35.3 Å². The van der Waals surface area contributed by atoms with E-state index in [0.29, 0.717) is 17.7 Å². The van der Waals surface area contributed by atoms with Gasteiger partial charge in [-0.25, -0.2) is 9.97 Å². The van der Waals surface area contributed by atoms with Crippen LogP contribution in [-0.4, -0.2) is 29.9 Å². The standard InChI is InChI=1S/C15H13N7/c1-2-9(3-1)14-19-12-7-16-21-13(12)15(20-14)18-10-6-17-22(8-10)11-4-5-11/h1-3,6-8,11H,4-5H2,(H,16,21)(H,18,19,20). The number of fused-ring (bicyclic) bond motifs is 1. The maximum absolute atomic E-state index is 4.61. The second-order valence-corrected chi connectivity index (χ2v) is 5.57. The van der Waals surface area contributed by atoms with Crippen LogP contribution in [0, 0.1) is 0 Å². The van der Waals surface area contributed by atoms with E-state index in [1.165, 1.54) is 12.8 Å². The fourth-order valence-corrected chi connectivity index (χ4v) is 2.48. The van der Waals surface area contributed by atoms with Gasteiger partial charge in [-0.15, -0.1) is 0 Å². The maximum atomic E-state index is 4.61. The Kier molecular flexibility index (Phi) is 2.26. The average Bonchev–Trinajstić information content (AvgIpc) is 3.01. The van der Waals surface area contributed by atoms with Crippen LogP contribution in [0.2, 0.25) is 0 Å². The minimum Gasteiger partial charge on any atom is -0.336 e. The number of allylic oxidation sites excluding steroid dienone is 4. The molecule has 7 heteroatoms. The number of hydrogen-bond acceptors (Lipinski definition) is 5. The molecule has 2 aliphatic carbocycles. The monoisotopic (exact) mass is 291 g/mol. The Hall–Kier alpha value is -2.96. The number of rotatable bonds is 4. The van der Waals surface area contributed by atoms with Gasteiger partial charge in [0.05, 0.1) is 24.1 Å². The van der Waals surface area contributed by atoms with Crippen molar-refractivity contribution in [2.75, 3.05) is 5.32 Å². The molecule has 0 spiro atoms. The first-order chi connectivity index (χ1) is 10.9. The number of nitrogens with one attached hydrogen (secondary N) is 2. The lowest BCUT2D eigenvalue weighted by Crippen LogP contribution is -2.01. The van der Waals surface area contributed by atoms with Crippen LogP contribution in [0.3, 0.4) is 0 Å². The summed E-state index contributed by atoms with van der Waals surface area (Å²) in [7, 11) is 0. The predicted octanol–water partition coefficient (Wildman–Crippen LogP) is 2.58. The van der Waals surface area contributed by atoms with Gasteiger partial charge in [-0.1, -0.05) is 18.2 Å². The Morgan fingerprint density at radius 1 is 1.23 bits per heavy atom.